The van der Waals surface area contributed by atoms with Crippen LogP contribution in [-0.2, 0) is 4.74 Å². The summed E-state index contributed by atoms with van der Waals surface area (Å²) in [5.41, 5.74) is 1.89. The van der Waals surface area contributed by atoms with Crippen LogP contribution in [-0.4, -0.2) is 26.0 Å². The highest BCUT2D eigenvalue weighted by Gasteiger charge is 2.13. The molecule has 5 heteroatoms. The molecule has 0 aromatic heterocycles. The molecule has 110 valence electrons. The molecule has 0 unspecified atom stereocenters. The molecule has 0 fully saturated rings. The van der Waals surface area contributed by atoms with Gasteiger partial charge in [-0.2, -0.15) is 0 Å². The van der Waals surface area contributed by atoms with Gasteiger partial charge in [-0.1, -0.05) is 11.6 Å². The van der Waals surface area contributed by atoms with Crippen molar-refractivity contribution in [2.45, 2.75) is 26.9 Å². The zero-order valence-electron chi connectivity index (χ0n) is 12.5. The van der Waals surface area contributed by atoms with Gasteiger partial charge in [0.05, 0.1) is 18.9 Å². The highest BCUT2D eigenvalue weighted by Crippen LogP contribution is 2.23. The molecule has 0 aliphatic rings. The fraction of sp³-hybridized carbons (Fsp3) is 0.400. The third kappa shape index (κ3) is 3.90. The first-order valence-corrected chi connectivity index (χ1v) is 6.76. The zero-order valence-corrected chi connectivity index (χ0v) is 13.3. The van der Waals surface area contributed by atoms with Crippen molar-refractivity contribution < 1.29 is 9.47 Å². The standard InChI is InChI=1S/C15H21ClN2O2/c1-9(2)20-12-7-6-11(8-10(12)3)14(17)13(16)15(18-4)19-5/h6-9,17-18H,1-5H3/b15-13-,17-14?. The molecular weight excluding hydrogens is 276 g/mol. The predicted octanol–water partition coefficient (Wildman–Crippen LogP) is 3.42. The van der Waals surface area contributed by atoms with Gasteiger partial charge in [0, 0.05) is 12.6 Å². The van der Waals surface area contributed by atoms with Gasteiger partial charge in [-0.15, -0.1) is 0 Å². The Bertz CT molecular complexity index is 519. The van der Waals surface area contributed by atoms with Crippen LogP contribution in [0.2, 0.25) is 0 Å². The number of methoxy groups -OCH3 is 1. The summed E-state index contributed by atoms with van der Waals surface area (Å²) in [6.45, 7) is 5.90. The van der Waals surface area contributed by atoms with Crippen LogP contribution in [0.25, 0.3) is 0 Å². The number of nitrogens with one attached hydrogen (secondary N) is 2. The van der Waals surface area contributed by atoms with E-state index in [0.717, 1.165) is 11.3 Å². The van der Waals surface area contributed by atoms with Gasteiger partial charge in [0.15, 0.2) is 0 Å². The van der Waals surface area contributed by atoms with Gasteiger partial charge < -0.3 is 14.8 Å². The van der Waals surface area contributed by atoms with Gasteiger partial charge in [0.1, 0.15) is 10.8 Å². The van der Waals surface area contributed by atoms with Crippen molar-refractivity contribution in [3.8, 4) is 5.75 Å². The fourth-order valence-corrected chi connectivity index (χ4v) is 2.01. The minimum atomic E-state index is 0.117. The normalized spacial score (nSPS) is 11.9. The Balaban J connectivity index is 3.07. The lowest BCUT2D eigenvalue weighted by Gasteiger charge is -2.14. The molecule has 0 saturated heterocycles. The summed E-state index contributed by atoms with van der Waals surface area (Å²) in [4.78, 5) is 0. The molecule has 0 saturated carbocycles. The van der Waals surface area contributed by atoms with Crippen LogP contribution in [0.3, 0.4) is 0 Å². The molecule has 2 N–H and O–H groups in total. The average Bonchev–Trinajstić information content (AvgIpc) is 2.41. The van der Waals surface area contributed by atoms with E-state index in [1.807, 2.05) is 39.0 Å². The molecule has 0 amide bonds. The number of rotatable bonds is 6. The quantitative estimate of drug-likeness (QED) is 0.625. The lowest BCUT2D eigenvalue weighted by atomic mass is 10.1. The van der Waals surface area contributed by atoms with Gasteiger partial charge in [-0.25, -0.2) is 0 Å². The summed E-state index contributed by atoms with van der Waals surface area (Å²) < 4.78 is 10.8. The molecule has 0 bridgehead atoms. The SMILES string of the molecule is CN/C(OC)=C(/Cl)C(=N)c1ccc(OC(C)C)c(C)c1. The van der Waals surface area contributed by atoms with Gasteiger partial charge in [-0.3, -0.25) is 5.41 Å². The lowest BCUT2D eigenvalue weighted by Crippen LogP contribution is -2.14. The maximum absolute atomic E-state index is 8.13. The highest BCUT2D eigenvalue weighted by molar-refractivity contribution is 6.46. The Hall–Kier alpha value is -1.68. The van der Waals surface area contributed by atoms with Crippen molar-refractivity contribution in [1.29, 1.82) is 5.41 Å². The van der Waals surface area contributed by atoms with E-state index in [4.69, 9.17) is 26.5 Å². The minimum Gasteiger partial charge on any atom is -0.491 e. The zero-order chi connectivity index (χ0) is 15.3. The average molecular weight is 297 g/mol. The Morgan fingerprint density at radius 3 is 2.45 bits per heavy atom. The summed E-state index contributed by atoms with van der Waals surface area (Å²) >= 11 is 6.14. The van der Waals surface area contributed by atoms with Crippen LogP contribution in [0, 0.1) is 12.3 Å². The van der Waals surface area contributed by atoms with Crippen molar-refractivity contribution in [3.63, 3.8) is 0 Å². The van der Waals surface area contributed by atoms with Gasteiger partial charge in [0.2, 0.25) is 5.88 Å². The first-order chi connectivity index (χ1) is 9.40. The van der Waals surface area contributed by atoms with Gasteiger partial charge in [-0.05, 0) is 44.5 Å². The van der Waals surface area contributed by atoms with Crippen molar-refractivity contribution in [3.05, 3.63) is 40.2 Å². The van der Waals surface area contributed by atoms with E-state index in [1.165, 1.54) is 7.11 Å². The third-order valence-electron chi connectivity index (χ3n) is 2.68. The van der Waals surface area contributed by atoms with Crippen LogP contribution in [0.5, 0.6) is 5.75 Å². The summed E-state index contributed by atoms with van der Waals surface area (Å²) in [5.74, 6) is 1.19. The molecule has 0 spiro atoms. The molecule has 0 radical (unpaired) electrons. The molecule has 0 aliphatic carbocycles. The molecule has 1 rings (SSSR count). The highest BCUT2D eigenvalue weighted by atomic mass is 35.5. The second-order valence-corrected chi connectivity index (χ2v) is 5.00. The van der Waals surface area contributed by atoms with Crippen molar-refractivity contribution in [1.82, 2.24) is 5.32 Å². The number of ether oxygens (including phenoxy) is 2. The summed E-state index contributed by atoms with van der Waals surface area (Å²) in [5, 5.41) is 11.2. The molecule has 0 aliphatic heterocycles. The van der Waals surface area contributed by atoms with E-state index in [1.54, 1.807) is 7.05 Å². The predicted molar refractivity (Wildman–Crippen MR) is 82.7 cm³/mol. The Labute approximate surface area is 125 Å². The van der Waals surface area contributed by atoms with Crippen LogP contribution >= 0.6 is 11.6 Å². The fourth-order valence-electron chi connectivity index (χ4n) is 1.73. The smallest absolute Gasteiger partial charge is 0.207 e. The number of hydrogen-bond acceptors (Lipinski definition) is 4. The number of hydrogen-bond donors (Lipinski definition) is 2. The first-order valence-electron chi connectivity index (χ1n) is 6.38. The van der Waals surface area contributed by atoms with Crippen LogP contribution in [0.4, 0.5) is 0 Å². The summed E-state index contributed by atoms with van der Waals surface area (Å²) in [7, 11) is 3.20. The van der Waals surface area contributed by atoms with E-state index >= 15 is 0 Å². The van der Waals surface area contributed by atoms with E-state index < -0.39 is 0 Å². The van der Waals surface area contributed by atoms with Crippen molar-refractivity contribution >= 4 is 17.3 Å². The molecule has 1 aromatic carbocycles. The number of halogens is 1. The van der Waals surface area contributed by atoms with E-state index in [0.29, 0.717) is 11.4 Å². The van der Waals surface area contributed by atoms with Crippen LogP contribution < -0.4 is 10.1 Å². The molecule has 1 aromatic rings. The molecule has 4 nitrogen and oxygen atoms in total. The monoisotopic (exact) mass is 296 g/mol. The van der Waals surface area contributed by atoms with Crippen LogP contribution in [0.15, 0.2) is 29.1 Å². The third-order valence-corrected chi connectivity index (χ3v) is 3.04. The Kier molecular flexibility index (Phi) is 5.89. The van der Waals surface area contributed by atoms with Crippen molar-refractivity contribution in [2.24, 2.45) is 0 Å². The second-order valence-electron chi connectivity index (χ2n) is 4.62. The Morgan fingerprint density at radius 1 is 1.35 bits per heavy atom. The molecule has 20 heavy (non-hydrogen) atoms. The molecular formula is C15H21ClN2O2. The van der Waals surface area contributed by atoms with E-state index in [2.05, 4.69) is 5.32 Å². The lowest BCUT2D eigenvalue weighted by molar-refractivity contribution is 0.241. The summed E-state index contributed by atoms with van der Waals surface area (Å²) in [6, 6.07) is 5.55. The number of benzene rings is 1. The second kappa shape index (κ2) is 7.20. The van der Waals surface area contributed by atoms with Gasteiger partial charge >= 0.3 is 0 Å². The van der Waals surface area contributed by atoms with Gasteiger partial charge in [0.25, 0.3) is 0 Å². The largest absolute Gasteiger partial charge is 0.491 e. The molecule has 0 atom stereocenters. The summed E-state index contributed by atoms with van der Waals surface area (Å²) in [6.07, 6.45) is 0.117. The first kappa shape index (κ1) is 16.4. The van der Waals surface area contributed by atoms with Crippen LogP contribution in [0.1, 0.15) is 25.0 Å². The number of allylic oxidation sites excluding steroid dienone is 1. The van der Waals surface area contributed by atoms with Crippen molar-refractivity contribution in [2.75, 3.05) is 14.2 Å². The minimum absolute atomic E-state index is 0.117. The maximum Gasteiger partial charge on any atom is 0.207 e. The Morgan fingerprint density at radius 2 is 2.00 bits per heavy atom. The molecule has 0 heterocycles. The van der Waals surface area contributed by atoms with E-state index in [9.17, 15) is 0 Å². The number of aryl methyl sites for hydroxylation is 1. The van der Waals surface area contributed by atoms with E-state index in [-0.39, 0.29) is 16.8 Å². The topological polar surface area (TPSA) is 54.3 Å². The maximum atomic E-state index is 8.13.